The fraction of sp³-hybridized carbons (Fsp3) is 0.192. The third-order valence-corrected chi connectivity index (χ3v) is 5.77. The molecule has 0 saturated heterocycles. The second-order valence-corrected chi connectivity index (χ2v) is 8.22. The number of nitrogens with zero attached hydrogens (tertiary/aromatic N) is 6. The molecule has 3 aromatic heterocycles. The summed E-state index contributed by atoms with van der Waals surface area (Å²) in [7, 11) is 2.03. The first-order valence-electron chi connectivity index (χ1n) is 11.7. The van der Waals surface area contributed by atoms with Crippen molar-refractivity contribution >= 4 is 28.5 Å². The Morgan fingerprint density at radius 1 is 1.00 bits per heavy atom. The predicted molar refractivity (Wildman–Crippen MR) is 139 cm³/mol. The molecule has 5 aromatic rings. The van der Waals surface area contributed by atoms with Crippen LogP contribution in [0.4, 0.5) is 17.6 Å². The predicted octanol–water partition coefficient (Wildman–Crippen LogP) is 4.58. The molecule has 11 heteroatoms. The fourth-order valence-electron chi connectivity index (χ4n) is 4.01. The van der Waals surface area contributed by atoms with Crippen LogP contribution in [0.2, 0.25) is 0 Å². The van der Waals surface area contributed by atoms with Crippen LogP contribution in [0.25, 0.3) is 22.2 Å². The van der Waals surface area contributed by atoms with Crippen LogP contribution in [-0.2, 0) is 18.3 Å². The number of hydrogen-bond donors (Lipinski definition) is 1. The molecule has 0 unspecified atom stereocenters. The Labute approximate surface area is 212 Å². The molecule has 0 fully saturated rings. The number of imidazole rings is 1. The zero-order valence-electron chi connectivity index (χ0n) is 20.2. The van der Waals surface area contributed by atoms with E-state index in [-0.39, 0.29) is 5.95 Å². The molecule has 0 amide bonds. The van der Waals surface area contributed by atoms with Crippen molar-refractivity contribution in [3.8, 4) is 17.0 Å². The first-order valence-corrected chi connectivity index (χ1v) is 11.7. The molecule has 0 aliphatic carbocycles. The van der Waals surface area contributed by atoms with Gasteiger partial charge in [-0.25, -0.2) is 14.5 Å². The number of para-hydroxylation sites is 1. The van der Waals surface area contributed by atoms with Crippen molar-refractivity contribution in [1.29, 1.82) is 0 Å². The van der Waals surface area contributed by atoms with Crippen molar-refractivity contribution in [3.63, 3.8) is 0 Å². The number of nitrogens with one attached hydrogen (secondary N) is 1. The lowest BCUT2D eigenvalue weighted by Crippen LogP contribution is -2.12. The third kappa shape index (κ3) is 5.57. The van der Waals surface area contributed by atoms with Gasteiger partial charge in [-0.15, -0.1) is 0 Å². The van der Waals surface area contributed by atoms with Gasteiger partial charge < -0.3 is 29.5 Å². The quantitative estimate of drug-likeness (QED) is 0.159. The summed E-state index contributed by atoms with van der Waals surface area (Å²) in [5.74, 6) is 1.01. The zero-order chi connectivity index (χ0) is 25.6. The first kappa shape index (κ1) is 23.9. The van der Waals surface area contributed by atoms with Crippen molar-refractivity contribution in [2.24, 2.45) is 7.05 Å². The third-order valence-electron chi connectivity index (χ3n) is 5.77. The maximum atomic E-state index is 10.9. The number of fused-ring (bicyclic) bond motifs is 1. The molecule has 37 heavy (non-hydrogen) atoms. The van der Waals surface area contributed by atoms with Gasteiger partial charge in [0.25, 0.3) is 0 Å². The first-order chi connectivity index (χ1) is 18.1. The van der Waals surface area contributed by atoms with Crippen LogP contribution < -0.4 is 10.1 Å². The summed E-state index contributed by atoms with van der Waals surface area (Å²) in [6.45, 7) is 1.38. The second kappa shape index (κ2) is 10.9. The summed E-state index contributed by atoms with van der Waals surface area (Å²) < 4.78 is 14.8. The van der Waals surface area contributed by atoms with E-state index in [1.807, 2.05) is 49.5 Å². The number of rotatable bonds is 11. The van der Waals surface area contributed by atoms with Crippen LogP contribution in [0, 0.1) is 10.1 Å². The molecule has 0 bridgehead atoms. The number of anilines is 2. The lowest BCUT2D eigenvalue weighted by Gasteiger charge is -2.09. The van der Waals surface area contributed by atoms with Crippen LogP contribution in [0.3, 0.4) is 0 Å². The summed E-state index contributed by atoms with van der Waals surface area (Å²) in [5, 5.41) is 15.3. The van der Waals surface area contributed by atoms with Crippen molar-refractivity contribution in [1.82, 2.24) is 24.1 Å². The minimum atomic E-state index is -0.518. The normalized spacial score (nSPS) is 11.1. The minimum absolute atomic E-state index is 0.195. The monoisotopic (exact) mass is 499 g/mol. The number of hydrogen-bond acceptors (Lipinski definition) is 8. The van der Waals surface area contributed by atoms with Gasteiger partial charge in [-0.2, -0.15) is 0 Å². The molecule has 5 rings (SSSR count). The Morgan fingerprint density at radius 2 is 1.84 bits per heavy atom. The van der Waals surface area contributed by atoms with E-state index in [1.165, 1.54) is 10.8 Å². The maximum Gasteiger partial charge on any atom is 0.434 e. The van der Waals surface area contributed by atoms with E-state index in [2.05, 4.69) is 38.2 Å². The van der Waals surface area contributed by atoms with Gasteiger partial charge in [-0.1, -0.05) is 23.2 Å². The minimum Gasteiger partial charge on any atom is -0.491 e. The lowest BCUT2D eigenvalue weighted by molar-refractivity contribution is -0.396. The Kier molecular flexibility index (Phi) is 7.04. The Balaban J connectivity index is 1.12. The van der Waals surface area contributed by atoms with Crippen LogP contribution in [0.15, 0.2) is 79.4 Å². The summed E-state index contributed by atoms with van der Waals surface area (Å²) in [6.07, 6.45) is 6.77. The van der Waals surface area contributed by atoms with Crippen LogP contribution in [0.1, 0.15) is 0 Å². The number of nitro groups is 1. The number of ether oxygens (including phenoxy) is 2. The standard InChI is InChI=1S/C26H25N7O4/c1-31-18-22(21-4-2-3-5-24(21)31)23-10-11-27-25(30-23)29-19-6-8-20(9-7-19)37-17-16-36-15-14-32-13-12-28-26(32)33(34)35/h2-13,18H,14-17H2,1H3,(H,27,29,30). The van der Waals surface area contributed by atoms with E-state index in [0.29, 0.717) is 38.1 Å². The largest absolute Gasteiger partial charge is 0.491 e. The van der Waals surface area contributed by atoms with Crippen LogP contribution in [0.5, 0.6) is 5.75 Å². The molecule has 0 radical (unpaired) electrons. The molecular formula is C26H25N7O4. The summed E-state index contributed by atoms with van der Waals surface area (Å²) in [5.41, 5.74) is 3.88. The topological polar surface area (TPSA) is 122 Å². The number of aromatic nitrogens is 5. The van der Waals surface area contributed by atoms with Gasteiger partial charge >= 0.3 is 5.95 Å². The Bertz CT molecular complexity index is 1510. The van der Waals surface area contributed by atoms with Gasteiger partial charge in [0.15, 0.2) is 0 Å². The zero-order valence-corrected chi connectivity index (χ0v) is 20.2. The molecule has 0 saturated carbocycles. The molecule has 0 aliphatic rings. The fourth-order valence-corrected chi connectivity index (χ4v) is 4.01. The van der Waals surface area contributed by atoms with E-state index in [0.717, 1.165) is 27.8 Å². The van der Waals surface area contributed by atoms with E-state index in [1.54, 1.807) is 12.4 Å². The van der Waals surface area contributed by atoms with Gasteiger partial charge in [0, 0.05) is 41.6 Å². The molecule has 1 N–H and O–H groups in total. The summed E-state index contributed by atoms with van der Waals surface area (Å²) >= 11 is 0. The highest BCUT2D eigenvalue weighted by Gasteiger charge is 2.13. The van der Waals surface area contributed by atoms with Crippen LogP contribution >= 0.6 is 0 Å². The van der Waals surface area contributed by atoms with Gasteiger partial charge in [0.05, 0.1) is 25.5 Å². The SMILES string of the molecule is Cn1cc(-c2ccnc(Nc3ccc(OCCOCCn4ccnc4[N+](=O)[O-])cc3)n2)c2ccccc21. The lowest BCUT2D eigenvalue weighted by atomic mass is 10.1. The highest BCUT2D eigenvalue weighted by Crippen LogP contribution is 2.29. The van der Waals surface area contributed by atoms with Crippen molar-refractivity contribution < 1.29 is 14.4 Å². The average Bonchev–Trinajstić information content (AvgIpc) is 3.52. The summed E-state index contributed by atoms with van der Waals surface area (Å²) in [4.78, 5) is 23.1. The van der Waals surface area contributed by atoms with E-state index in [9.17, 15) is 10.1 Å². The highest BCUT2D eigenvalue weighted by molar-refractivity contribution is 5.95. The van der Waals surface area contributed by atoms with Gasteiger partial charge in [-0.05, 0) is 41.3 Å². The maximum absolute atomic E-state index is 10.9. The van der Waals surface area contributed by atoms with Crippen molar-refractivity contribution in [2.45, 2.75) is 6.54 Å². The molecule has 0 aliphatic heterocycles. The highest BCUT2D eigenvalue weighted by atomic mass is 16.6. The molecule has 0 spiro atoms. The van der Waals surface area contributed by atoms with Crippen LogP contribution in [-0.4, -0.2) is 48.8 Å². The Hall–Kier alpha value is -4.77. The Morgan fingerprint density at radius 3 is 2.68 bits per heavy atom. The van der Waals surface area contributed by atoms with Gasteiger partial charge in [0.1, 0.15) is 24.8 Å². The van der Waals surface area contributed by atoms with E-state index >= 15 is 0 Å². The number of benzene rings is 2. The molecule has 0 atom stereocenters. The van der Waals surface area contributed by atoms with Crippen molar-refractivity contribution in [2.75, 3.05) is 25.1 Å². The summed E-state index contributed by atoms with van der Waals surface area (Å²) in [6, 6.07) is 17.6. The smallest absolute Gasteiger partial charge is 0.434 e. The molecular weight excluding hydrogens is 474 g/mol. The molecule has 2 aromatic carbocycles. The van der Waals surface area contributed by atoms with E-state index in [4.69, 9.17) is 14.5 Å². The molecule has 3 heterocycles. The van der Waals surface area contributed by atoms with Crippen molar-refractivity contribution in [3.05, 3.63) is 89.5 Å². The van der Waals surface area contributed by atoms with E-state index < -0.39 is 4.92 Å². The number of aryl methyl sites for hydroxylation is 1. The van der Waals surface area contributed by atoms with Gasteiger partial charge in [-0.3, -0.25) is 0 Å². The van der Waals surface area contributed by atoms with Gasteiger partial charge in [0.2, 0.25) is 5.95 Å². The average molecular weight is 500 g/mol. The molecule has 11 nitrogen and oxygen atoms in total. The second-order valence-electron chi connectivity index (χ2n) is 8.22. The molecule has 188 valence electrons.